The molecule has 7 heteroatoms. The number of benzene rings is 1. The third-order valence-corrected chi connectivity index (χ3v) is 5.13. The summed E-state index contributed by atoms with van der Waals surface area (Å²) in [5.41, 5.74) is 1.77. The van der Waals surface area contributed by atoms with Gasteiger partial charge in [0.05, 0.1) is 12.1 Å². The quantitative estimate of drug-likeness (QED) is 0.895. The fourth-order valence-electron chi connectivity index (χ4n) is 2.89. The third-order valence-electron chi connectivity index (χ3n) is 4.07. The molecule has 1 aliphatic carbocycles. The molecule has 1 amide bonds. The van der Waals surface area contributed by atoms with Crippen LogP contribution < -0.4 is 10.1 Å². The van der Waals surface area contributed by atoms with E-state index in [2.05, 4.69) is 10.4 Å². The van der Waals surface area contributed by atoms with Crippen molar-refractivity contribution in [3.8, 4) is 10.6 Å². The first-order valence-electron chi connectivity index (χ1n) is 8.15. The second-order valence-electron chi connectivity index (χ2n) is 6.18. The number of carbonyl (C=O) groups excluding carboxylic acids is 1. The number of anilines is 1. The van der Waals surface area contributed by atoms with Gasteiger partial charge in [0, 0.05) is 25.2 Å². The van der Waals surface area contributed by atoms with E-state index < -0.39 is 0 Å². The molecule has 3 rings (SSSR count). The highest BCUT2D eigenvalue weighted by Gasteiger charge is 2.19. The summed E-state index contributed by atoms with van der Waals surface area (Å²) in [6.07, 6.45) is 3.43. The summed E-state index contributed by atoms with van der Waals surface area (Å²) in [6, 6.07) is 7.80. The number of aliphatic hydroxyl groups excluding tert-OH is 1. The van der Waals surface area contributed by atoms with Crippen LogP contribution in [0.1, 0.15) is 32.6 Å². The number of carbonyl (C=O) groups is 1. The van der Waals surface area contributed by atoms with E-state index in [1.165, 1.54) is 6.92 Å². The second-order valence-corrected chi connectivity index (χ2v) is 7.13. The van der Waals surface area contributed by atoms with Crippen LogP contribution in [0.5, 0.6) is 0 Å². The van der Waals surface area contributed by atoms with Crippen LogP contribution in [0, 0.1) is 0 Å². The maximum absolute atomic E-state index is 11.1. The van der Waals surface area contributed by atoms with E-state index in [0.717, 1.165) is 46.7 Å². The molecule has 0 radical (unpaired) electrons. The highest BCUT2D eigenvalue weighted by molar-refractivity contribution is 7.12. The molecule has 0 saturated heterocycles. The molecule has 0 bridgehead atoms. The number of nitrogens with one attached hydrogen (secondary N) is 1. The summed E-state index contributed by atoms with van der Waals surface area (Å²) in [4.78, 5) is 16.7. The molecule has 1 aromatic heterocycles. The highest BCUT2D eigenvalue weighted by Crippen LogP contribution is 2.23. The van der Waals surface area contributed by atoms with Crippen LogP contribution in [-0.4, -0.2) is 32.9 Å². The number of aromatic nitrogens is 2. The van der Waals surface area contributed by atoms with Gasteiger partial charge < -0.3 is 10.4 Å². The van der Waals surface area contributed by atoms with E-state index in [0.29, 0.717) is 0 Å². The Bertz CT molecular complexity index is 779. The molecule has 0 spiro atoms. The predicted molar refractivity (Wildman–Crippen MR) is 94.7 cm³/mol. The van der Waals surface area contributed by atoms with E-state index in [1.807, 2.05) is 31.3 Å². The van der Waals surface area contributed by atoms with Crippen molar-refractivity contribution in [3.63, 3.8) is 0 Å². The maximum Gasteiger partial charge on any atom is 0.221 e. The molecule has 6 nitrogen and oxygen atoms in total. The van der Waals surface area contributed by atoms with Crippen LogP contribution >= 0.6 is 11.3 Å². The van der Waals surface area contributed by atoms with Gasteiger partial charge in [-0.3, -0.25) is 9.79 Å². The first-order valence-corrected chi connectivity index (χ1v) is 8.97. The van der Waals surface area contributed by atoms with Crippen molar-refractivity contribution in [2.75, 3.05) is 5.32 Å². The largest absolute Gasteiger partial charge is 0.393 e. The minimum absolute atomic E-state index is 0.0841. The van der Waals surface area contributed by atoms with Crippen LogP contribution in [0.25, 0.3) is 10.6 Å². The Morgan fingerprint density at radius 3 is 2.79 bits per heavy atom. The van der Waals surface area contributed by atoms with Gasteiger partial charge in [-0.05, 0) is 49.9 Å². The molecule has 128 valence electrons. The molecule has 1 aromatic carbocycles. The lowest BCUT2D eigenvalue weighted by atomic mass is 9.94. The average molecular weight is 346 g/mol. The van der Waals surface area contributed by atoms with Gasteiger partial charge in [0.25, 0.3) is 0 Å². The number of nitrogens with zero attached hydrogens (tertiary/aromatic N) is 3. The van der Waals surface area contributed by atoms with Crippen molar-refractivity contribution in [1.82, 2.24) is 9.78 Å². The molecule has 2 atom stereocenters. The van der Waals surface area contributed by atoms with E-state index >= 15 is 0 Å². The minimum atomic E-state index is -0.230. The van der Waals surface area contributed by atoms with Gasteiger partial charge in [0.1, 0.15) is 5.01 Å². The molecule has 1 heterocycles. The standard InChI is InChI=1S/C17H22N4O2S/c1-11(22)18-13-8-6-12(7-9-13)16-20-21(2)17(24-16)19-14-4-3-5-15(23)10-14/h6-9,14-15,23H,3-5,10H2,1-2H3,(H,18,22)/t14-,15+/m1/s1. The van der Waals surface area contributed by atoms with E-state index in [9.17, 15) is 9.90 Å². The lowest BCUT2D eigenvalue weighted by Crippen LogP contribution is -2.25. The molecule has 0 aliphatic heterocycles. The van der Waals surface area contributed by atoms with Gasteiger partial charge in [-0.15, -0.1) is 0 Å². The highest BCUT2D eigenvalue weighted by atomic mass is 32.1. The molecule has 1 saturated carbocycles. The summed E-state index contributed by atoms with van der Waals surface area (Å²) in [6.45, 7) is 1.49. The Labute approximate surface area is 144 Å². The minimum Gasteiger partial charge on any atom is -0.393 e. The maximum atomic E-state index is 11.1. The third kappa shape index (κ3) is 4.10. The number of hydrogen-bond donors (Lipinski definition) is 2. The first kappa shape index (κ1) is 16.9. The van der Waals surface area contributed by atoms with Gasteiger partial charge in [0.2, 0.25) is 10.7 Å². The molecule has 2 aromatic rings. The molecule has 1 aliphatic rings. The number of amides is 1. The van der Waals surface area contributed by atoms with E-state index in [-0.39, 0.29) is 18.1 Å². The molecular weight excluding hydrogens is 324 g/mol. The summed E-state index contributed by atoms with van der Waals surface area (Å²) < 4.78 is 1.79. The fraction of sp³-hybridized carbons (Fsp3) is 0.471. The Morgan fingerprint density at radius 1 is 1.38 bits per heavy atom. The monoisotopic (exact) mass is 346 g/mol. The summed E-state index contributed by atoms with van der Waals surface area (Å²) >= 11 is 1.54. The zero-order valence-corrected chi connectivity index (χ0v) is 14.7. The molecule has 1 fully saturated rings. The Balaban J connectivity index is 1.81. The van der Waals surface area contributed by atoms with E-state index in [1.54, 1.807) is 16.0 Å². The van der Waals surface area contributed by atoms with Gasteiger partial charge in [-0.25, -0.2) is 4.68 Å². The summed E-state index contributed by atoms with van der Waals surface area (Å²) in [5.74, 6) is -0.0841. The fourth-order valence-corrected chi connectivity index (χ4v) is 3.86. The Hall–Kier alpha value is -1.99. The van der Waals surface area contributed by atoms with Crippen molar-refractivity contribution in [2.45, 2.75) is 44.8 Å². The zero-order valence-electron chi connectivity index (χ0n) is 13.9. The lowest BCUT2D eigenvalue weighted by molar-refractivity contribution is -0.114. The molecule has 0 unspecified atom stereocenters. The van der Waals surface area contributed by atoms with E-state index in [4.69, 9.17) is 4.99 Å². The van der Waals surface area contributed by atoms with Crippen molar-refractivity contribution in [2.24, 2.45) is 12.0 Å². The summed E-state index contributed by atoms with van der Waals surface area (Å²) in [5, 5.41) is 18.0. The van der Waals surface area contributed by atoms with Gasteiger partial charge >= 0.3 is 0 Å². The second kappa shape index (κ2) is 7.27. The number of hydrogen-bond acceptors (Lipinski definition) is 5. The van der Waals surface area contributed by atoms with Gasteiger partial charge in [0.15, 0.2) is 0 Å². The van der Waals surface area contributed by atoms with Gasteiger partial charge in [-0.1, -0.05) is 11.3 Å². The zero-order chi connectivity index (χ0) is 17.1. The van der Waals surface area contributed by atoms with Crippen molar-refractivity contribution >= 4 is 22.9 Å². The van der Waals surface area contributed by atoms with Gasteiger partial charge in [-0.2, -0.15) is 5.10 Å². The Morgan fingerprint density at radius 2 is 2.12 bits per heavy atom. The SMILES string of the molecule is CC(=O)Nc1ccc(-c2nn(C)c(=N[C@@H]3CCC[C@H](O)C3)s2)cc1. The van der Waals surface area contributed by atoms with Crippen molar-refractivity contribution in [3.05, 3.63) is 29.1 Å². The van der Waals surface area contributed by atoms with Crippen molar-refractivity contribution in [1.29, 1.82) is 0 Å². The summed E-state index contributed by atoms with van der Waals surface area (Å²) in [7, 11) is 1.89. The average Bonchev–Trinajstić information content (AvgIpc) is 2.88. The number of aliphatic hydroxyl groups is 1. The number of aryl methyl sites for hydroxylation is 1. The van der Waals surface area contributed by atoms with Crippen LogP contribution in [0.3, 0.4) is 0 Å². The van der Waals surface area contributed by atoms with Crippen LogP contribution in [0.2, 0.25) is 0 Å². The molecular formula is C17H22N4O2S. The smallest absolute Gasteiger partial charge is 0.221 e. The molecule has 2 N–H and O–H groups in total. The Kier molecular flexibility index (Phi) is 5.11. The first-order chi connectivity index (χ1) is 11.5. The molecule has 24 heavy (non-hydrogen) atoms. The topological polar surface area (TPSA) is 79.5 Å². The van der Waals surface area contributed by atoms with Crippen molar-refractivity contribution < 1.29 is 9.90 Å². The predicted octanol–water partition coefficient (Wildman–Crippen LogP) is 2.31. The normalized spacial score (nSPS) is 21.7. The van der Waals surface area contributed by atoms with Crippen LogP contribution in [0.4, 0.5) is 5.69 Å². The number of rotatable bonds is 3. The van der Waals surface area contributed by atoms with Crippen LogP contribution in [-0.2, 0) is 11.8 Å². The lowest BCUT2D eigenvalue weighted by Gasteiger charge is -2.22. The van der Waals surface area contributed by atoms with Crippen LogP contribution in [0.15, 0.2) is 29.3 Å².